The maximum atomic E-state index is 15.0. The average molecular weight is 514 g/mol. The number of methoxy groups -OCH3 is 1. The van der Waals surface area contributed by atoms with Crippen LogP contribution in [0.25, 0.3) is 0 Å². The Bertz CT molecular complexity index is 1190. The molecular formula is C22H23F4N5O3S. The highest BCUT2D eigenvalue weighted by Gasteiger charge is 2.66. The van der Waals surface area contributed by atoms with Gasteiger partial charge in [-0.1, -0.05) is 11.8 Å². The quantitative estimate of drug-likeness (QED) is 0.542. The van der Waals surface area contributed by atoms with Gasteiger partial charge in [-0.3, -0.25) is 9.79 Å². The van der Waals surface area contributed by atoms with Gasteiger partial charge in [0.15, 0.2) is 11.8 Å². The van der Waals surface area contributed by atoms with E-state index < -0.39 is 30.0 Å². The van der Waals surface area contributed by atoms with E-state index in [9.17, 15) is 22.4 Å². The van der Waals surface area contributed by atoms with Crippen LogP contribution in [-0.2, 0) is 10.3 Å². The topological polar surface area (TPSA) is 112 Å². The molecule has 2 aromatic rings. The average Bonchev–Trinajstić information content (AvgIpc) is 3.48. The van der Waals surface area contributed by atoms with Gasteiger partial charge in [0, 0.05) is 24.3 Å². The molecule has 0 bridgehead atoms. The fraction of sp³-hybridized carbons (Fsp3) is 0.455. The molecule has 13 heteroatoms. The molecule has 0 radical (unpaired) electrons. The number of thioether (sulfide) groups is 1. The lowest BCUT2D eigenvalue weighted by molar-refractivity contribution is -0.154. The molecule has 1 aromatic carbocycles. The molecule has 1 saturated carbocycles. The Morgan fingerprint density at radius 3 is 2.77 bits per heavy atom. The summed E-state index contributed by atoms with van der Waals surface area (Å²) >= 11 is 1.43. The molecule has 1 aliphatic heterocycles. The van der Waals surface area contributed by atoms with Gasteiger partial charge in [0.25, 0.3) is 5.91 Å². The molecule has 2 heterocycles. The van der Waals surface area contributed by atoms with Gasteiger partial charge in [0.1, 0.15) is 11.5 Å². The monoisotopic (exact) mass is 513 g/mol. The number of rotatable bonds is 7. The zero-order valence-corrected chi connectivity index (χ0v) is 19.9. The number of amidine groups is 1. The van der Waals surface area contributed by atoms with Crippen molar-refractivity contribution in [1.29, 1.82) is 0 Å². The lowest BCUT2D eigenvalue weighted by atomic mass is 9.85. The Morgan fingerprint density at radius 1 is 1.37 bits per heavy atom. The summed E-state index contributed by atoms with van der Waals surface area (Å²) in [5.74, 6) is -1.52. The Balaban J connectivity index is 1.55. The second-order valence-corrected chi connectivity index (χ2v) is 10.1. The van der Waals surface area contributed by atoms with Crippen molar-refractivity contribution in [3.05, 3.63) is 47.2 Å². The highest BCUT2D eigenvalue weighted by molar-refractivity contribution is 8.15. The smallest absolute Gasteiger partial charge is 0.422 e. The third-order valence-corrected chi connectivity index (χ3v) is 7.31. The maximum absolute atomic E-state index is 15.0. The fourth-order valence-electron chi connectivity index (χ4n) is 4.42. The molecule has 1 amide bonds. The van der Waals surface area contributed by atoms with Crippen LogP contribution >= 0.6 is 11.8 Å². The van der Waals surface area contributed by atoms with Crippen molar-refractivity contribution in [3.8, 4) is 5.88 Å². The van der Waals surface area contributed by atoms with E-state index >= 15 is 0 Å². The summed E-state index contributed by atoms with van der Waals surface area (Å²) in [6.45, 7) is 2.15. The van der Waals surface area contributed by atoms with Crippen molar-refractivity contribution in [3.63, 3.8) is 0 Å². The van der Waals surface area contributed by atoms with Gasteiger partial charge in [-0.15, -0.1) is 0 Å². The van der Waals surface area contributed by atoms with Gasteiger partial charge in [-0.05, 0) is 38.5 Å². The van der Waals surface area contributed by atoms with Gasteiger partial charge in [-0.25, -0.2) is 14.4 Å². The molecule has 4 rings (SSSR count). The van der Waals surface area contributed by atoms with Crippen LogP contribution in [0.4, 0.5) is 23.2 Å². The van der Waals surface area contributed by atoms with E-state index in [4.69, 9.17) is 10.5 Å². The normalized spacial score (nSPS) is 25.5. The van der Waals surface area contributed by atoms with Crippen molar-refractivity contribution in [2.75, 3.05) is 25.6 Å². The molecule has 8 nitrogen and oxygen atoms in total. The summed E-state index contributed by atoms with van der Waals surface area (Å²) in [4.78, 5) is 25.1. The number of aliphatic imine (C=N–C) groups is 1. The third kappa shape index (κ3) is 5.06. The Morgan fingerprint density at radius 2 is 2.11 bits per heavy atom. The first-order valence-corrected chi connectivity index (χ1v) is 11.4. The molecular weight excluding hydrogens is 490 g/mol. The summed E-state index contributed by atoms with van der Waals surface area (Å²) in [6.07, 6.45) is -2.85. The summed E-state index contributed by atoms with van der Waals surface area (Å²) in [7, 11) is 1.60. The summed E-state index contributed by atoms with van der Waals surface area (Å²) in [6, 6.07) is 4.12. The van der Waals surface area contributed by atoms with Crippen molar-refractivity contribution in [2.24, 2.45) is 16.6 Å². The van der Waals surface area contributed by atoms with E-state index in [-0.39, 0.29) is 39.2 Å². The van der Waals surface area contributed by atoms with E-state index in [1.54, 1.807) is 14.0 Å². The largest absolute Gasteiger partial charge is 0.467 e. The minimum Gasteiger partial charge on any atom is -0.467 e. The van der Waals surface area contributed by atoms with Gasteiger partial charge < -0.3 is 20.5 Å². The molecule has 1 fully saturated rings. The molecule has 188 valence electrons. The number of benzene rings is 1. The lowest BCUT2D eigenvalue weighted by Crippen LogP contribution is -2.37. The minimum absolute atomic E-state index is 0.00921. The number of carbonyl (C=O) groups excluding carboxylic acids is 1. The van der Waals surface area contributed by atoms with Crippen LogP contribution in [0.3, 0.4) is 0 Å². The Kier molecular flexibility index (Phi) is 6.43. The van der Waals surface area contributed by atoms with Crippen LogP contribution < -0.4 is 15.8 Å². The third-order valence-electron chi connectivity index (χ3n) is 6.04. The van der Waals surface area contributed by atoms with Crippen LogP contribution in [0.2, 0.25) is 0 Å². The number of nitrogens with two attached hydrogens (primary N) is 1. The predicted octanol–water partition coefficient (Wildman–Crippen LogP) is 3.80. The number of carbonyl (C=O) groups is 1. The van der Waals surface area contributed by atoms with Crippen LogP contribution in [0.1, 0.15) is 35.1 Å². The number of alkyl halides is 3. The first-order chi connectivity index (χ1) is 16.4. The number of hydrogen-bond acceptors (Lipinski definition) is 8. The lowest BCUT2D eigenvalue weighted by Gasteiger charge is -2.34. The van der Waals surface area contributed by atoms with E-state index in [1.807, 2.05) is 0 Å². The summed E-state index contributed by atoms with van der Waals surface area (Å²) in [5, 5.41) is 2.97. The number of anilines is 1. The first kappa shape index (κ1) is 25.2. The Hall–Kier alpha value is -2.93. The highest BCUT2D eigenvalue weighted by Crippen LogP contribution is 2.66. The highest BCUT2D eigenvalue weighted by atomic mass is 32.2. The van der Waals surface area contributed by atoms with Crippen LogP contribution in [0, 0.1) is 18.7 Å². The second kappa shape index (κ2) is 8.94. The van der Waals surface area contributed by atoms with Crippen LogP contribution in [0.5, 0.6) is 5.88 Å². The van der Waals surface area contributed by atoms with Gasteiger partial charge in [0.05, 0.1) is 28.8 Å². The number of amides is 1. The van der Waals surface area contributed by atoms with E-state index in [1.165, 1.54) is 36.9 Å². The molecule has 0 unspecified atom stereocenters. The van der Waals surface area contributed by atoms with Gasteiger partial charge in [-0.2, -0.15) is 13.2 Å². The number of hydrogen-bond donors (Lipinski definition) is 2. The molecule has 3 N–H and O–H groups in total. The first-order valence-electron chi connectivity index (χ1n) is 10.5. The Labute approximate surface area is 202 Å². The van der Waals surface area contributed by atoms with Gasteiger partial charge in [0.2, 0.25) is 5.88 Å². The minimum atomic E-state index is -4.53. The predicted molar refractivity (Wildman–Crippen MR) is 122 cm³/mol. The molecule has 1 aliphatic carbocycles. The van der Waals surface area contributed by atoms with Crippen molar-refractivity contribution in [2.45, 2.75) is 36.7 Å². The van der Waals surface area contributed by atoms with Crippen LogP contribution in [0.15, 0.2) is 29.4 Å². The van der Waals surface area contributed by atoms with Gasteiger partial charge >= 0.3 is 6.18 Å². The number of aromatic nitrogens is 2. The molecule has 0 saturated heterocycles. The van der Waals surface area contributed by atoms with Crippen molar-refractivity contribution in [1.82, 2.24) is 9.97 Å². The van der Waals surface area contributed by atoms with E-state index in [2.05, 4.69) is 25.0 Å². The zero-order valence-electron chi connectivity index (χ0n) is 19.1. The molecule has 0 spiro atoms. The number of aryl methyl sites for hydroxylation is 1. The van der Waals surface area contributed by atoms with E-state index in [0.29, 0.717) is 11.8 Å². The number of fused-ring (bicyclic) bond motifs is 1. The molecule has 35 heavy (non-hydrogen) atoms. The number of nitrogens with one attached hydrogen (secondary N) is 1. The standard InChI is InChI=1S/C22H23F4N5O3S/c1-11-17(28-8-16(29-11)34-10-22(24,25)26)18(32)30-12-4-5-14(23)13(6-12)20(2)15-7-21(15,9-33-3)35-19(27)31-20/h4-6,8,15H,7,9-10H2,1-3H3,(H2,27,31)(H,30,32)/t15-,20+,21+/m0/s1. The second-order valence-electron chi connectivity index (χ2n) is 8.65. The number of nitrogens with zero attached hydrogens (tertiary/aromatic N) is 3. The number of halogens is 4. The molecule has 3 atom stereocenters. The number of ether oxygens (including phenoxy) is 2. The van der Waals surface area contributed by atoms with Crippen molar-refractivity contribution >= 4 is 28.5 Å². The van der Waals surface area contributed by atoms with E-state index in [0.717, 1.165) is 12.6 Å². The molecule has 1 aromatic heterocycles. The summed E-state index contributed by atoms with van der Waals surface area (Å²) in [5.41, 5.74) is 5.65. The van der Waals surface area contributed by atoms with Crippen molar-refractivity contribution < 1.29 is 31.8 Å². The SMILES string of the molecule is COC[C@]12C[C@H]1[C@@](C)(c1cc(NC(=O)c3ncc(OCC(F)(F)F)nc3C)ccc1F)N=C(N)S2. The fourth-order valence-corrected chi connectivity index (χ4v) is 5.87. The zero-order chi connectivity index (χ0) is 25.6. The summed E-state index contributed by atoms with van der Waals surface area (Å²) < 4.78 is 61.6. The maximum Gasteiger partial charge on any atom is 0.422 e. The van der Waals surface area contributed by atoms with Crippen LogP contribution in [-0.4, -0.2) is 52.3 Å². The molecule has 2 aliphatic rings.